The number of rotatable bonds is 39. The molecule has 6 nitrogen and oxygen atoms in total. The molecule has 300 valence electrons. The van der Waals surface area contributed by atoms with Gasteiger partial charge in [0.1, 0.15) is 6.10 Å². The van der Waals surface area contributed by atoms with Crippen LogP contribution in [-0.2, 0) is 14.3 Å². The Bertz CT molecular complexity index is 812. The van der Waals surface area contributed by atoms with Crippen LogP contribution in [0.4, 0.5) is 0 Å². The van der Waals surface area contributed by atoms with Gasteiger partial charge in [0, 0.05) is 6.42 Å². The maximum atomic E-state index is 13.0. The third-order valence-electron chi connectivity index (χ3n) is 10.0. The van der Waals surface area contributed by atoms with Crippen molar-refractivity contribution in [2.75, 3.05) is 6.61 Å². The normalized spacial score (nSPS) is 13.6. The second kappa shape index (κ2) is 39.5. The summed E-state index contributed by atoms with van der Waals surface area (Å²) in [6.07, 6.45) is 42.7. The van der Waals surface area contributed by atoms with Crippen molar-refractivity contribution in [2.45, 2.75) is 244 Å². The molecule has 1 amide bonds. The molecule has 0 heterocycles. The van der Waals surface area contributed by atoms with Crippen LogP contribution in [0.3, 0.4) is 0 Å². The fourth-order valence-corrected chi connectivity index (χ4v) is 6.63. The zero-order valence-corrected chi connectivity index (χ0v) is 34.0. The smallest absolute Gasteiger partial charge is 0.306 e. The quantitative estimate of drug-likeness (QED) is 0.0334. The van der Waals surface area contributed by atoms with Crippen LogP contribution in [0.25, 0.3) is 0 Å². The number of ether oxygens (including phenoxy) is 1. The van der Waals surface area contributed by atoms with Crippen LogP contribution in [0.15, 0.2) is 24.3 Å². The minimum absolute atomic E-state index is 0.0244. The molecule has 0 fully saturated rings. The van der Waals surface area contributed by atoms with Gasteiger partial charge < -0.3 is 20.3 Å². The number of unbranched alkanes of at least 4 members (excludes halogenated alkanes) is 25. The van der Waals surface area contributed by atoms with E-state index in [1.54, 1.807) is 0 Å². The molecule has 0 rings (SSSR count). The van der Waals surface area contributed by atoms with Crippen molar-refractivity contribution in [1.29, 1.82) is 0 Å². The lowest BCUT2D eigenvalue weighted by atomic mass is 10.0. The lowest BCUT2D eigenvalue weighted by Gasteiger charge is -2.23. The van der Waals surface area contributed by atoms with Gasteiger partial charge in [-0.25, -0.2) is 0 Å². The minimum atomic E-state index is -0.804. The molecule has 0 aliphatic rings. The maximum absolute atomic E-state index is 13.0. The summed E-state index contributed by atoms with van der Waals surface area (Å²) >= 11 is 0. The van der Waals surface area contributed by atoms with Gasteiger partial charge in [-0.05, 0) is 38.2 Å². The molecular formula is C45H85NO5. The molecule has 3 N–H and O–H groups in total. The Morgan fingerprint density at radius 3 is 1.53 bits per heavy atom. The summed E-state index contributed by atoms with van der Waals surface area (Å²) < 4.78 is 5.78. The molecule has 0 aliphatic carbocycles. The molecule has 0 radical (unpaired) electrons. The van der Waals surface area contributed by atoms with Crippen molar-refractivity contribution in [2.24, 2.45) is 0 Å². The molecule has 0 aromatic rings. The van der Waals surface area contributed by atoms with Gasteiger partial charge in [-0.1, -0.05) is 200 Å². The first-order valence-electron chi connectivity index (χ1n) is 22.1. The third-order valence-corrected chi connectivity index (χ3v) is 10.0. The molecular weight excluding hydrogens is 634 g/mol. The first-order valence-corrected chi connectivity index (χ1v) is 22.1. The first-order chi connectivity index (χ1) is 25.0. The van der Waals surface area contributed by atoms with E-state index >= 15 is 0 Å². The van der Waals surface area contributed by atoms with E-state index in [4.69, 9.17) is 4.74 Å². The zero-order chi connectivity index (χ0) is 37.5. The number of hydrogen-bond acceptors (Lipinski definition) is 5. The van der Waals surface area contributed by atoms with Crippen LogP contribution < -0.4 is 5.32 Å². The summed E-state index contributed by atoms with van der Waals surface area (Å²) in [6.45, 7) is 6.41. The number of amides is 1. The summed E-state index contributed by atoms with van der Waals surface area (Å²) in [7, 11) is 0. The first kappa shape index (κ1) is 49.3. The standard InChI is InChI=1S/C45H85NO5/c1-4-7-10-13-16-19-22-24-27-30-33-36-41(51-45(50)38-35-32-29-26-21-18-15-12-9-6-3)39-44(49)46-42(40-47)43(48)37-34-31-28-25-23-20-17-14-11-8-5-2/h24,27,33,36,41-43,47-48H,4-23,25-26,28-32,34-35,37-40H2,1-3H3,(H,46,49)/b27-24-,36-33+. The number of carbonyl (C=O) groups excluding carboxylic acids is 2. The van der Waals surface area contributed by atoms with E-state index in [2.05, 4.69) is 38.2 Å². The van der Waals surface area contributed by atoms with E-state index in [9.17, 15) is 19.8 Å². The molecule has 0 saturated heterocycles. The number of hydrogen-bond donors (Lipinski definition) is 3. The van der Waals surface area contributed by atoms with Crippen molar-refractivity contribution in [3.63, 3.8) is 0 Å². The van der Waals surface area contributed by atoms with Gasteiger partial charge >= 0.3 is 5.97 Å². The fourth-order valence-electron chi connectivity index (χ4n) is 6.63. The predicted molar refractivity (Wildman–Crippen MR) is 218 cm³/mol. The fraction of sp³-hybridized carbons (Fsp3) is 0.867. The highest BCUT2D eigenvalue weighted by Gasteiger charge is 2.23. The van der Waals surface area contributed by atoms with Crippen LogP contribution in [0.5, 0.6) is 0 Å². The van der Waals surface area contributed by atoms with E-state index < -0.39 is 18.2 Å². The van der Waals surface area contributed by atoms with Crippen LogP contribution in [0, 0.1) is 0 Å². The number of carbonyl (C=O) groups is 2. The lowest BCUT2D eigenvalue weighted by Crippen LogP contribution is -2.46. The Hall–Kier alpha value is -1.66. The molecule has 0 aliphatic heterocycles. The topological polar surface area (TPSA) is 95.9 Å². The second-order valence-electron chi connectivity index (χ2n) is 15.1. The molecule has 0 aromatic heterocycles. The largest absolute Gasteiger partial charge is 0.458 e. The summed E-state index contributed by atoms with van der Waals surface area (Å²) in [4.78, 5) is 25.8. The Balaban J connectivity index is 4.67. The number of aliphatic hydroxyl groups excluding tert-OH is 2. The Morgan fingerprint density at radius 1 is 0.588 bits per heavy atom. The second-order valence-corrected chi connectivity index (χ2v) is 15.1. The van der Waals surface area contributed by atoms with Crippen molar-refractivity contribution in [1.82, 2.24) is 5.32 Å². The number of esters is 1. The molecule has 6 heteroatoms. The van der Waals surface area contributed by atoms with Crippen LogP contribution in [0.1, 0.15) is 226 Å². The highest BCUT2D eigenvalue weighted by molar-refractivity contribution is 5.78. The van der Waals surface area contributed by atoms with E-state index in [0.29, 0.717) is 12.8 Å². The van der Waals surface area contributed by atoms with Crippen molar-refractivity contribution >= 4 is 11.9 Å². The predicted octanol–water partition coefficient (Wildman–Crippen LogP) is 12.4. The SMILES string of the molecule is CCCCCCCC/C=C\C/C=C/C(CC(=O)NC(CO)C(O)CCCCCCCCCCCCC)OC(=O)CCCCCCCCCCCC. The number of aliphatic hydroxyl groups is 2. The molecule has 0 saturated carbocycles. The number of nitrogens with one attached hydrogen (secondary N) is 1. The molecule has 3 unspecified atom stereocenters. The summed E-state index contributed by atoms with van der Waals surface area (Å²) in [5, 5.41) is 23.5. The van der Waals surface area contributed by atoms with Gasteiger partial charge in [-0.3, -0.25) is 9.59 Å². The molecule has 0 bridgehead atoms. The van der Waals surface area contributed by atoms with Gasteiger partial charge in [0.2, 0.25) is 5.91 Å². The van der Waals surface area contributed by atoms with E-state index in [1.807, 2.05) is 12.2 Å². The van der Waals surface area contributed by atoms with E-state index in [1.165, 1.54) is 135 Å². The summed E-state index contributed by atoms with van der Waals surface area (Å²) in [5.41, 5.74) is 0. The Morgan fingerprint density at radius 2 is 1.04 bits per heavy atom. The van der Waals surface area contributed by atoms with Crippen LogP contribution in [0.2, 0.25) is 0 Å². The van der Waals surface area contributed by atoms with Gasteiger partial charge in [-0.15, -0.1) is 0 Å². The summed E-state index contributed by atoms with van der Waals surface area (Å²) in [5.74, 6) is -0.599. The maximum Gasteiger partial charge on any atom is 0.306 e. The number of allylic oxidation sites excluding steroid dienone is 3. The molecule has 3 atom stereocenters. The highest BCUT2D eigenvalue weighted by Crippen LogP contribution is 2.15. The van der Waals surface area contributed by atoms with Crippen molar-refractivity contribution in [3.05, 3.63) is 24.3 Å². The third kappa shape index (κ3) is 35.2. The summed E-state index contributed by atoms with van der Waals surface area (Å²) in [6, 6.07) is -0.725. The zero-order valence-electron chi connectivity index (χ0n) is 34.0. The van der Waals surface area contributed by atoms with Crippen molar-refractivity contribution in [3.8, 4) is 0 Å². The monoisotopic (exact) mass is 720 g/mol. The van der Waals surface area contributed by atoms with Crippen LogP contribution >= 0.6 is 0 Å². The Kier molecular flexibility index (Phi) is 38.3. The van der Waals surface area contributed by atoms with Crippen molar-refractivity contribution < 1.29 is 24.5 Å². The molecule has 51 heavy (non-hydrogen) atoms. The average Bonchev–Trinajstić information content (AvgIpc) is 3.12. The van der Waals surface area contributed by atoms with Gasteiger partial charge in [0.25, 0.3) is 0 Å². The lowest BCUT2D eigenvalue weighted by molar-refractivity contribution is -0.148. The van der Waals surface area contributed by atoms with Gasteiger partial charge in [0.15, 0.2) is 0 Å². The molecule has 0 spiro atoms. The van der Waals surface area contributed by atoms with Gasteiger partial charge in [0.05, 0.1) is 25.2 Å². The van der Waals surface area contributed by atoms with Gasteiger partial charge in [-0.2, -0.15) is 0 Å². The van der Waals surface area contributed by atoms with E-state index in [-0.39, 0.29) is 24.9 Å². The highest BCUT2D eigenvalue weighted by atomic mass is 16.5. The average molecular weight is 720 g/mol. The molecule has 0 aromatic carbocycles. The Labute approximate surface area is 316 Å². The minimum Gasteiger partial charge on any atom is -0.458 e. The van der Waals surface area contributed by atoms with Crippen LogP contribution in [-0.4, -0.2) is 46.9 Å². The van der Waals surface area contributed by atoms with E-state index in [0.717, 1.165) is 51.4 Å².